The quantitative estimate of drug-likeness (QED) is 0.370. The van der Waals surface area contributed by atoms with Crippen LogP contribution in [-0.4, -0.2) is 24.4 Å². The topological polar surface area (TPSA) is 36.9 Å². The summed E-state index contributed by atoms with van der Waals surface area (Å²) in [6.45, 7) is 16.2. The van der Waals surface area contributed by atoms with Gasteiger partial charge < -0.3 is 18.9 Å². The molecule has 0 spiro atoms. The van der Waals surface area contributed by atoms with Gasteiger partial charge in [-0.1, -0.05) is 24.3 Å². The molecule has 4 heteroatoms. The predicted molar refractivity (Wildman–Crippen MR) is 125 cm³/mol. The van der Waals surface area contributed by atoms with Crippen molar-refractivity contribution in [2.75, 3.05) is 0 Å². The zero-order valence-electron chi connectivity index (χ0n) is 19.4. The van der Waals surface area contributed by atoms with Crippen molar-refractivity contribution in [3.63, 3.8) is 0 Å². The molecule has 0 aliphatic heterocycles. The van der Waals surface area contributed by atoms with Crippen LogP contribution >= 0.6 is 0 Å². The molecule has 30 heavy (non-hydrogen) atoms. The van der Waals surface area contributed by atoms with Gasteiger partial charge in [-0.25, -0.2) is 0 Å². The van der Waals surface area contributed by atoms with Crippen LogP contribution in [0.25, 0.3) is 21.5 Å². The van der Waals surface area contributed by atoms with Crippen molar-refractivity contribution in [2.45, 2.75) is 79.8 Å². The Morgan fingerprint density at radius 2 is 0.933 bits per heavy atom. The zero-order chi connectivity index (χ0) is 22.0. The molecule has 0 unspecified atom stereocenters. The highest BCUT2D eigenvalue weighted by molar-refractivity contribution is 6.13. The Balaban J connectivity index is 2.50. The van der Waals surface area contributed by atoms with Crippen LogP contribution in [-0.2, 0) is 0 Å². The summed E-state index contributed by atoms with van der Waals surface area (Å²) in [7, 11) is 0. The Morgan fingerprint density at radius 1 is 0.467 bits per heavy atom. The van der Waals surface area contributed by atoms with E-state index in [-0.39, 0.29) is 24.4 Å². The van der Waals surface area contributed by atoms with Crippen LogP contribution in [0.5, 0.6) is 23.0 Å². The molecule has 162 valence electrons. The summed E-state index contributed by atoms with van der Waals surface area (Å²) < 4.78 is 25.2. The summed E-state index contributed by atoms with van der Waals surface area (Å²) in [6, 6.07) is 12.2. The van der Waals surface area contributed by atoms with Crippen molar-refractivity contribution < 1.29 is 18.9 Å². The maximum absolute atomic E-state index is 6.39. The first-order chi connectivity index (χ1) is 14.2. The van der Waals surface area contributed by atoms with Gasteiger partial charge in [0, 0.05) is 16.2 Å². The highest BCUT2D eigenvalue weighted by Gasteiger charge is 2.24. The van der Waals surface area contributed by atoms with Gasteiger partial charge in [-0.15, -0.1) is 0 Å². The molecule has 0 saturated heterocycles. The van der Waals surface area contributed by atoms with Crippen molar-refractivity contribution in [1.29, 1.82) is 0 Å². The second-order valence-corrected chi connectivity index (χ2v) is 8.69. The Morgan fingerprint density at radius 3 is 1.47 bits per heavy atom. The normalized spacial score (nSPS) is 11.9. The second-order valence-electron chi connectivity index (χ2n) is 8.69. The van der Waals surface area contributed by atoms with Gasteiger partial charge in [0.25, 0.3) is 0 Å². The van der Waals surface area contributed by atoms with Crippen molar-refractivity contribution >= 4 is 21.5 Å². The standard InChI is InChI=1S/C26H34O4/c1-15(2)27-22-14-13-21-23(26(22)30-18(7)8)25(29-17(5)6)20-12-10-9-11-19(20)24(21)28-16(3)4/h9-18H,1-8H3. The molecule has 0 aliphatic rings. The molecule has 0 aliphatic carbocycles. The Hall–Kier alpha value is -2.62. The van der Waals surface area contributed by atoms with Crippen molar-refractivity contribution in [3.05, 3.63) is 36.4 Å². The molecular weight excluding hydrogens is 376 g/mol. The van der Waals surface area contributed by atoms with Crippen LogP contribution < -0.4 is 18.9 Å². The van der Waals surface area contributed by atoms with Gasteiger partial charge in [0.05, 0.1) is 29.8 Å². The molecule has 0 radical (unpaired) electrons. The number of hydrogen-bond donors (Lipinski definition) is 0. The molecule has 0 fully saturated rings. The molecule has 0 N–H and O–H groups in total. The van der Waals surface area contributed by atoms with E-state index in [0.29, 0.717) is 11.5 Å². The lowest BCUT2D eigenvalue weighted by Gasteiger charge is -2.24. The van der Waals surface area contributed by atoms with E-state index in [9.17, 15) is 0 Å². The third-order valence-electron chi connectivity index (χ3n) is 4.43. The number of ether oxygens (including phenoxy) is 4. The van der Waals surface area contributed by atoms with Gasteiger partial charge in [-0.05, 0) is 67.5 Å². The van der Waals surface area contributed by atoms with Crippen LogP contribution in [0.3, 0.4) is 0 Å². The summed E-state index contributed by atoms with van der Waals surface area (Å²) in [5.41, 5.74) is 0. The first-order valence-corrected chi connectivity index (χ1v) is 10.9. The third kappa shape index (κ3) is 4.58. The van der Waals surface area contributed by atoms with Gasteiger partial charge >= 0.3 is 0 Å². The summed E-state index contributed by atoms with van der Waals surface area (Å²) in [5.74, 6) is 3.06. The lowest BCUT2D eigenvalue weighted by molar-refractivity contribution is 0.199. The van der Waals surface area contributed by atoms with Crippen LogP contribution in [0, 0.1) is 0 Å². The van der Waals surface area contributed by atoms with E-state index in [1.54, 1.807) is 0 Å². The third-order valence-corrected chi connectivity index (χ3v) is 4.43. The van der Waals surface area contributed by atoms with Gasteiger partial charge in [0.2, 0.25) is 0 Å². The van der Waals surface area contributed by atoms with E-state index >= 15 is 0 Å². The molecule has 0 heterocycles. The van der Waals surface area contributed by atoms with Crippen molar-refractivity contribution in [2.24, 2.45) is 0 Å². The fourth-order valence-electron chi connectivity index (χ4n) is 3.56. The molecule has 0 amide bonds. The molecule has 3 aromatic carbocycles. The Kier molecular flexibility index (Phi) is 6.64. The Labute approximate surface area is 180 Å². The summed E-state index contributed by atoms with van der Waals surface area (Å²) in [6.07, 6.45) is 0.0563. The minimum Gasteiger partial charge on any atom is -0.490 e. The van der Waals surface area contributed by atoms with E-state index in [4.69, 9.17) is 18.9 Å². The summed E-state index contributed by atoms with van der Waals surface area (Å²) >= 11 is 0. The maximum atomic E-state index is 6.39. The van der Waals surface area contributed by atoms with E-state index in [0.717, 1.165) is 33.0 Å². The summed E-state index contributed by atoms with van der Waals surface area (Å²) in [5, 5.41) is 3.89. The maximum Gasteiger partial charge on any atom is 0.173 e. The molecule has 0 saturated carbocycles. The molecule has 0 aromatic heterocycles. The largest absolute Gasteiger partial charge is 0.490 e. The number of benzene rings is 3. The minimum absolute atomic E-state index is 0.00930. The van der Waals surface area contributed by atoms with Crippen molar-refractivity contribution in [1.82, 2.24) is 0 Å². The number of fused-ring (bicyclic) bond motifs is 2. The van der Waals surface area contributed by atoms with Crippen LogP contribution in [0.1, 0.15) is 55.4 Å². The highest BCUT2D eigenvalue weighted by Crippen LogP contribution is 2.50. The second kappa shape index (κ2) is 9.03. The molecule has 4 nitrogen and oxygen atoms in total. The van der Waals surface area contributed by atoms with E-state index in [1.807, 2.05) is 73.6 Å². The zero-order valence-corrected chi connectivity index (χ0v) is 19.4. The molecular formula is C26H34O4. The van der Waals surface area contributed by atoms with Gasteiger partial charge in [-0.2, -0.15) is 0 Å². The van der Waals surface area contributed by atoms with Crippen LogP contribution in [0.4, 0.5) is 0 Å². The lowest BCUT2D eigenvalue weighted by Crippen LogP contribution is -2.13. The van der Waals surface area contributed by atoms with Gasteiger partial charge in [0.1, 0.15) is 11.5 Å². The molecule has 3 rings (SSSR count). The minimum atomic E-state index is -0.0158. The SMILES string of the molecule is CC(C)Oc1ccc2c(OC(C)C)c3ccccc3c(OC(C)C)c2c1OC(C)C. The monoisotopic (exact) mass is 410 g/mol. The van der Waals surface area contributed by atoms with Crippen LogP contribution in [0.2, 0.25) is 0 Å². The lowest BCUT2D eigenvalue weighted by atomic mass is 9.99. The average Bonchev–Trinajstić information content (AvgIpc) is 2.64. The first kappa shape index (κ1) is 22.1. The molecule has 0 bridgehead atoms. The average molecular weight is 411 g/mol. The fraction of sp³-hybridized carbons (Fsp3) is 0.462. The van der Waals surface area contributed by atoms with E-state index in [1.165, 1.54) is 0 Å². The summed E-state index contributed by atoms with van der Waals surface area (Å²) in [4.78, 5) is 0. The number of rotatable bonds is 8. The van der Waals surface area contributed by atoms with E-state index < -0.39 is 0 Å². The molecule has 3 aromatic rings. The smallest absolute Gasteiger partial charge is 0.173 e. The highest BCUT2D eigenvalue weighted by atomic mass is 16.5. The fourth-order valence-corrected chi connectivity index (χ4v) is 3.56. The first-order valence-electron chi connectivity index (χ1n) is 10.9. The van der Waals surface area contributed by atoms with Crippen molar-refractivity contribution in [3.8, 4) is 23.0 Å². The predicted octanol–water partition coefficient (Wildman–Crippen LogP) is 7.14. The molecule has 0 atom stereocenters. The van der Waals surface area contributed by atoms with E-state index in [2.05, 4.69) is 18.2 Å². The Bertz CT molecular complexity index is 1020. The van der Waals surface area contributed by atoms with Gasteiger partial charge in [-0.3, -0.25) is 0 Å². The van der Waals surface area contributed by atoms with Gasteiger partial charge in [0.15, 0.2) is 11.5 Å². The van der Waals surface area contributed by atoms with Crippen LogP contribution in [0.15, 0.2) is 36.4 Å². The number of hydrogen-bond acceptors (Lipinski definition) is 4.